The summed E-state index contributed by atoms with van der Waals surface area (Å²) in [5, 5.41) is 0. The largest absolute Gasteiger partial charge is 0.363 e. The minimum Gasteiger partial charge on any atom is -0.363 e. The number of hydrogen-bond donors (Lipinski definition) is 0. The quantitative estimate of drug-likeness (QED) is 0.639. The average molecular weight is 167 g/mol. The molecule has 1 aromatic heterocycles. The fourth-order valence-electron chi connectivity index (χ4n) is 0.693. The second-order valence-corrected chi connectivity index (χ2v) is 2.36. The van der Waals surface area contributed by atoms with Gasteiger partial charge in [0.25, 0.3) is 0 Å². The molecule has 3 heteroatoms. The van der Waals surface area contributed by atoms with Crippen LogP contribution in [-0.2, 0) is 0 Å². The highest BCUT2D eigenvalue weighted by Gasteiger charge is 1.94. The van der Waals surface area contributed by atoms with Crippen LogP contribution in [0.4, 0.5) is 5.82 Å². The van der Waals surface area contributed by atoms with Crippen LogP contribution >= 0.6 is 0 Å². The van der Waals surface area contributed by atoms with Crippen molar-refractivity contribution >= 4 is 5.82 Å². The van der Waals surface area contributed by atoms with Gasteiger partial charge in [0.15, 0.2) is 0 Å². The first-order valence-corrected chi connectivity index (χ1v) is 4.17. The molecule has 1 heterocycles. The Bertz CT molecular complexity index is 221. The molecule has 0 aliphatic heterocycles. The predicted molar refractivity (Wildman–Crippen MR) is 52.4 cm³/mol. The SMILES string of the molecule is CC.Cc1nccc(N(C)C)n1. The van der Waals surface area contributed by atoms with E-state index in [4.69, 9.17) is 0 Å². The zero-order valence-corrected chi connectivity index (χ0v) is 8.50. The van der Waals surface area contributed by atoms with Gasteiger partial charge in [-0.25, -0.2) is 9.97 Å². The lowest BCUT2D eigenvalue weighted by Crippen LogP contribution is -2.11. The number of aryl methyl sites for hydroxylation is 1. The highest BCUT2D eigenvalue weighted by atomic mass is 15.1. The number of anilines is 1. The number of nitrogens with zero attached hydrogens (tertiary/aromatic N) is 3. The van der Waals surface area contributed by atoms with E-state index in [-0.39, 0.29) is 0 Å². The van der Waals surface area contributed by atoms with E-state index in [2.05, 4.69) is 9.97 Å². The van der Waals surface area contributed by atoms with Crippen molar-refractivity contribution in [3.05, 3.63) is 18.1 Å². The molecule has 3 nitrogen and oxygen atoms in total. The normalized spacial score (nSPS) is 8.42. The standard InChI is InChI=1S/C7H11N3.C2H6/c1-6-8-5-4-7(9-6)10(2)3;1-2/h4-5H,1-3H3;1-2H3. The van der Waals surface area contributed by atoms with Gasteiger partial charge in [0.1, 0.15) is 11.6 Å². The second kappa shape index (κ2) is 5.52. The lowest BCUT2D eigenvalue weighted by Gasteiger charge is -2.09. The Balaban J connectivity index is 0.000000561. The van der Waals surface area contributed by atoms with E-state index in [1.54, 1.807) is 6.20 Å². The monoisotopic (exact) mass is 167 g/mol. The van der Waals surface area contributed by atoms with Gasteiger partial charge in [0.2, 0.25) is 0 Å². The molecular formula is C9H17N3. The first-order chi connectivity index (χ1) is 5.70. The first kappa shape index (κ1) is 10.9. The molecule has 0 aliphatic carbocycles. The lowest BCUT2D eigenvalue weighted by molar-refractivity contribution is 0.988. The molecule has 0 unspecified atom stereocenters. The smallest absolute Gasteiger partial charge is 0.131 e. The van der Waals surface area contributed by atoms with Crippen molar-refractivity contribution in [2.75, 3.05) is 19.0 Å². The van der Waals surface area contributed by atoms with Crippen LogP contribution in [0.2, 0.25) is 0 Å². The van der Waals surface area contributed by atoms with Crippen LogP contribution in [0.5, 0.6) is 0 Å². The Labute approximate surface area is 74.5 Å². The van der Waals surface area contributed by atoms with Crippen LogP contribution in [-0.4, -0.2) is 24.1 Å². The van der Waals surface area contributed by atoms with Crippen LogP contribution in [0.25, 0.3) is 0 Å². The van der Waals surface area contributed by atoms with E-state index in [1.165, 1.54) is 0 Å². The minimum atomic E-state index is 0.811. The molecule has 0 bridgehead atoms. The number of aromatic nitrogens is 2. The van der Waals surface area contributed by atoms with Crippen LogP contribution in [0, 0.1) is 6.92 Å². The molecular weight excluding hydrogens is 150 g/mol. The summed E-state index contributed by atoms with van der Waals surface area (Å²) in [4.78, 5) is 10.1. The van der Waals surface area contributed by atoms with Crippen molar-refractivity contribution in [2.24, 2.45) is 0 Å². The molecule has 1 aromatic rings. The summed E-state index contributed by atoms with van der Waals surface area (Å²) in [5.41, 5.74) is 0. The molecule has 12 heavy (non-hydrogen) atoms. The molecule has 0 N–H and O–H groups in total. The molecule has 0 aliphatic rings. The van der Waals surface area contributed by atoms with Gasteiger partial charge >= 0.3 is 0 Å². The Hall–Kier alpha value is -1.12. The van der Waals surface area contributed by atoms with Gasteiger partial charge in [-0.1, -0.05) is 13.8 Å². The Morgan fingerprint density at radius 1 is 1.25 bits per heavy atom. The van der Waals surface area contributed by atoms with Gasteiger partial charge in [-0.05, 0) is 13.0 Å². The third kappa shape index (κ3) is 3.32. The molecule has 1 rings (SSSR count). The van der Waals surface area contributed by atoms with Gasteiger partial charge in [0.05, 0.1) is 0 Å². The van der Waals surface area contributed by atoms with Crippen LogP contribution in [0.3, 0.4) is 0 Å². The van der Waals surface area contributed by atoms with Gasteiger partial charge in [-0.2, -0.15) is 0 Å². The van der Waals surface area contributed by atoms with E-state index in [0.717, 1.165) is 11.6 Å². The summed E-state index contributed by atoms with van der Waals surface area (Å²) < 4.78 is 0. The van der Waals surface area contributed by atoms with Crippen molar-refractivity contribution in [3.63, 3.8) is 0 Å². The molecule has 0 saturated heterocycles. The van der Waals surface area contributed by atoms with E-state index >= 15 is 0 Å². The fraction of sp³-hybridized carbons (Fsp3) is 0.556. The maximum atomic E-state index is 4.19. The van der Waals surface area contributed by atoms with E-state index in [9.17, 15) is 0 Å². The third-order valence-corrected chi connectivity index (χ3v) is 1.22. The molecule has 0 radical (unpaired) electrons. The van der Waals surface area contributed by atoms with Gasteiger partial charge in [-0.15, -0.1) is 0 Å². The van der Waals surface area contributed by atoms with Crippen molar-refractivity contribution < 1.29 is 0 Å². The third-order valence-electron chi connectivity index (χ3n) is 1.22. The summed E-state index contributed by atoms with van der Waals surface area (Å²) in [7, 11) is 3.92. The summed E-state index contributed by atoms with van der Waals surface area (Å²) in [6, 6.07) is 1.88. The Kier molecular flexibility index (Phi) is 5.00. The highest BCUT2D eigenvalue weighted by Crippen LogP contribution is 2.03. The summed E-state index contributed by atoms with van der Waals surface area (Å²) >= 11 is 0. The topological polar surface area (TPSA) is 29.0 Å². The molecule has 68 valence electrons. The van der Waals surface area contributed by atoms with Gasteiger partial charge in [0, 0.05) is 20.3 Å². The number of hydrogen-bond acceptors (Lipinski definition) is 3. The average Bonchev–Trinajstić information content (AvgIpc) is 2.08. The molecule has 0 saturated carbocycles. The van der Waals surface area contributed by atoms with Crippen molar-refractivity contribution in [3.8, 4) is 0 Å². The van der Waals surface area contributed by atoms with Crippen LogP contribution < -0.4 is 4.90 Å². The zero-order valence-electron chi connectivity index (χ0n) is 8.50. The van der Waals surface area contributed by atoms with Crippen molar-refractivity contribution in [1.29, 1.82) is 0 Å². The number of rotatable bonds is 1. The Morgan fingerprint density at radius 2 is 1.83 bits per heavy atom. The van der Waals surface area contributed by atoms with Crippen molar-refractivity contribution in [2.45, 2.75) is 20.8 Å². The second-order valence-electron chi connectivity index (χ2n) is 2.36. The van der Waals surface area contributed by atoms with Gasteiger partial charge < -0.3 is 4.90 Å². The summed E-state index contributed by atoms with van der Waals surface area (Å²) in [6.45, 7) is 5.88. The van der Waals surface area contributed by atoms with Crippen molar-refractivity contribution in [1.82, 2.24) is 9.97 Å². The first-order valence-electron chi connectivity index (χ1n) is 4.17. The van der Waals surface area contributed by atoms with E-state index in [1.807, 2.05) is 45.8 Å². The van der Waals surface area contributed by atoms with E-state index < -0.39 is 0 Å². The van der Waals surface area contributed by atoms with Crippen LogP contribution in [0.15, 0.2) is 12.3 Å². The molecule has 0 amide bonds. The summed E-state index contributed by atoms with van der Waals surface area (Å²) in [6.07, 6.45) is 1.76. The van der Waals surface area contributed by atoms with Gasteiger partial charge in [-0.3, -0.25) is 0 Å². The maximum absolute atomic E-state index is 4.19. The zero-order chi connectivity index (χ0) is 9.56. The summed E-state index contributed by atoms with van der Waals surface area (Å²) in [5.74, 6) is 1.76. The molecule has 0 atom stereocenters. The lowest BCUT2D eigenvalue weighted by atomic mass is 10.5. The van der Waals surface area contributed by atoms with E-state index in [0.29, 0.717) is 0 Å². The molecule has 0 fully saturated rings. The van der Waals surface area contributed by atoms with Crippen LogP contribution in [0.1, 0.15) is 19.7 Å². The highest BCUT2D eigenvalue weighted by molar-refractivity contribution is 5.34. The Morgan fingerprint density at radius 3 is 2.17 bits per heavy atom. The molecule has 0 spiro atoms. The molecule has 0 aromatic carbocycles. The maximum Gasteiger partial charge on any atom is 0.131 e. The predicted octanol–water partition coefficient (Wildman–Crippen LogP) is 1.88. The minimum absolute atomic E-state index is 0.811. The fourth-order valence-corrected chi connectivity index (χ4v) is 0.693.